The van der Waals surface area contributed by atoms with Gasteiger partial charge in [-0.3, -0.25) is 14.0 Å². The SMILES string of the molecule is CC(=O)Oc1c(C)c(C(C)(C)C)c(=O)n2ccsc12. The molecule has 2 aromatic rings. The van der Waals surface area contributed by atoms with Gasteiger partial charge in [-0.05, 0) is 12.3 Å². The number of esters is 1. The zero-order valence-corrected chi connectivity index (χ0v) is 12.6. The summed E-state index contributed by atoms with van der Waals surface area (Å²) < 4.78 is 6.87. The lowest BCUT2D eigenvalue weighted by Crippen LogP contribution is -2.29. The first-order valence-electron chi connectivity index (χ1n) is 6.05. The largest absolute Gasteiger partial charge is 0.423 e. The average molecular weight is 279 g/mol. The van der Waals surface area contributed by atoms with Crippen LogP contribution < -0.4 is 10.3 Å². The zero-order valence-electron chi connectivity index (χ0n) is 11.7. The molecule has 5 heteroatoms. The molecule has 0 N–H and O–H groups in total. The molecule has 0 saturated carbocycles. The van der Waals surface area contributed by atoms with E-state index in [1.807, 2.05) is 33.1 Å². The molecule has 2 aromatic heterocycles. The van der Waals surface area contributed by atoms with Gasteiger partial charge in [0.05, 0.1) is 0 Å². The third kappa shape index (κ3) is 2.30. The average Bonchev–Trinajstić information content (AvgIpc) is 2.70. The fourth-order valence-corrected chi connectivity index (χ4v) is 3.18. The predicted octanol–water partition coefficient (Wildman–Crippen LogP) is 2.89. The molecule has 4 nitrogen and oxygen atoms in total. The Morgan fingerprint density at radius 3 is 2.53 bits per heavy atom. The maximum Gasteiger partial charge on any atom is 0.308 e. The number of rotatable bonds is 1. The summed E-state index contributed by atoms with van der Waals surface area (Å²) in [5, 5.41) is 1.82. The van der Waals surface area contributed by atoms with Crippen molar-refractivity contribution in [1.82, 2.24) is 4.40 Å². The molecular formula is C14H17NO3S. The van der Waals surface area contributed by atoms with Gasteiger partial charge in [-0.1, -0.05) is 20.8 Å². The number of carbonyl (C=O) groups is 1. The van der Waals surface area contributed by atoms with E-state index in [4.69, 9.17) is 4.74 Å². The van der Waals surface area contributed by atoms with Crippen LogP contribution in [0.2, 0.25) is 0 Å². The molecule has 0 spiro atoms. The van der Waals surface area contributed by atoms with Crippen LogP contribution >= 0.6 is 11.3 Å². The third-order valence-electron chi connectivity index (χ3n) is 2.95. The van der Waals surface area contributed by atoms with Crippen LogP contribution in [0.5, 0.6) is 5.75 Å². The third-order valence-corrected chi connectivity index (χ3v) is 3.81. The van der Waals surface area contributed by atoms with Crippen LogP contribution in [-0.2, 0) is 10.2 Å². The highest BCUT2D eigenvalue weighted by atomic mass is 32.1. The van der Waals surface area contributed by atoms with Gasteiger partial charge in [0.25, 0.3) is 5.56 Å². The summed E-state index contributed by atoms with van der Waals surface area (Å²) in [5.74, 6) is 0.115. The molecule has 102 valence electrons. The lowest BCUT2D eigenvalue weighted by Gasteiger charge is -2.22. The van der Waals surface area contributed by atoms with Gasteiger partial charge >= 0.3 is 5.97 Å². The minimum Gasteiger partial charge on any atom is -0.423 e. The summed E-state index contributed by atoms with van der Waals surface area (Å²) in [5.41, 5.74) is 1.08. The van der Waals surface area contributed by atoms with Gasteiger partial charge in [0.1, 0.15) is 4.83 Å². The Morgan fingerprint density at radius 2 is 2.00 bits per heavy atom. The van der Waals surface area contributed by atoms with Crippen molar-refractivity contribution in [3.63, 3.8) is 0 Å². The molecule has 2 rings (SSSR count). The number of pyridine rings is 1. The lowest BCUT2D eigenvalue weighted by molar-refractivity contribution is -0.131. The van der Waals surface area contributed by atoms with Crippen molar-refractivity contribution in [3.8, 4) is 5.75 Å². The van der Waals surface area contributed by atoms with Gasteiger partial charge < -0.3 is 4.74 Å². The summed E-state index contributed by atoms with van der Waals surface area (Å²) in [6, 6.07) is 0. The topological polar surface area (TPSA) is 47.8 Å². The van der Waals surface area contributed by atoms with E-state index >= 15 is 0 Å². The van der Waals surface area contributed by atoms with Crippen LogP contribution in [0.1, 0.15) is 38.8 Å². The lowest BCUT2D eigenvalue weighted by atomic mass is 9.85. The number of ether oxygens (including phenoxy) is 1. The molecule has 0 aliphatic heterocycles. The van der Waals surface area contributed by atoms with E-state index in [0.717, 1.165) is 5.56 Å². The summed E-state index contributed by atoms with van der Waals surface area (Å²) in [6.45, 7) is 9.14. The van der Waals surface area contributed by atoms with E-state index in [1.165, 1.54) is 18.3 Å². The van der Waals surface area contributed by atoms with Gasteiger partial charge in [0, 0.05) is 29.6 Å². The molecule has 0 aliphatic rings. The molecular weight excluding hydrogens is 262 g/mol. The normalized spacial score (nSPS) is 11.8. The first-order valence-corrected chi connectivity index (χ1v) is 6.92. The Hall–Kier alpha value is -1.62. The van der Waals surface area contributed by atoms with Gasteiger partial charge in [-0.2, -0.15) is 0 Å². The van der Waals surface area contributed by atoms with E-state index in [0.29, 0.717) is 16.1 Å². The molecule has 2 heterocycles. The zero-order chi connectivity index (χ0) is 14.4. The van der Waals surface area contributed by atoms with Crippen molar-refractivity contribution in [2.45, 2.75) is 40.0 Å². The number of hydrogen-bond acceptors (Lipinski definition) is 4. The van der Waals surface area contributed by atoms with Crippen LogP contribution in [0.15, 0.2) is 16.4 Å². The fourth-order valence-electron chi connectivity index (χ4n) is 2.31. The van der Waals surface area contributed by atoms with Gasteiger partial charge in [0.15, 0.2) is 5.75 Å². The maximum atomic E-state index is 12.5. The van der Waals surface area contributed by atoms with Crippen molar-refractivity contribution in [2.24, 2.45) is 0 Å². The molecule has 0 bridgehead atoms. The minimum atomic E-state index is -0.378. The Kier molecular flexibility index (Phi) is 3.26. The molecule has 0 aromatic carbocycles. The number of aromatic nitrogens is 1. The highest BCUT2D eigenvalue weighted by Crippen LogP contribution is 2.33. The fraction of sp³-hybridized carbons (Fsp3) is 0.429. The highest BCUT2D eigenvalue weighted by Gasteiger charge is 2.26. The number of thiazole rings is 1. The Morgan fingerprint density at radius 1 is 1.37 bits per heavy atom. The second kappa shape index (κ2) is 4.49. The van der Waals surface area contributed by atoms with E-state index in [2.05, 4.69) is 0 Å². The van der Waals surface area contributed by atoms with E-state index in [1.54, 1.807) is 10.6 Å². The van der Waals surface area contributed by atoms with Crippen LogP contribution in [-0.4, -0.2) is 10.4 Å². The monoisotopic (exact) mass is 279 g/mol. The molecule has 0 amide bonds. The van der Waals surface area contributed by atoms with Crippen molar-refractivity contribution in [1.29, 1.82) is 0 Å². The number of carbonyl (C=O) groups excluding carboxylic acids is 1. The van der Waals surface area contributed by atoms with Crippen molar-refractivity contribution in [3.05, 3.63) is 33.1 Å². The van der Waals surface area contributed by atoms with E-state index in [-0.39, 0.29) is 16.9 Å². The van der Waals surface area contributed by atoms with Crippen molar-refractivity contribution in [2.75, 3.05) is 0 Å². The van der Waals surface area contributed by atoms with Crippen LogP contribution in [0, 0.1) is 6.92 Å². The number of fused-ring (bicyclic) bond motifs is 1. The first kappa shape index (κ1) is 13.8. The Labute approximate surface area is 115 Å². The standard InChI is InChI=1S/C14H17NO3S/c1-8-10(14(3,4)5)12(17)15-6-7-19-13(15)11(8)18-9(2)16/h6-7H,1-5H3. The Balaban J connectivity index is 2.91. The quantitative estimate of drug-likeness (QED) is 0.754. The van der Waals surface area contributed by atoms with Crippen LogP contribution in [0.25, 0.3) is 4.83 Å². The van der Waals surface area contributed by atoms with Crippen molar-refractivity contribution < 1.29 is 9.53 Å². The van der Waals surface area contributed by atoms with Crippen LogP contribution in [0.4, 0.5) is 0 Å². The Bertz CT molecular complexity index is 704. The molecule has 0 radical (unpaired) electrons. The summed E-state index contributed by atoms with van der Waals surface area (Å²) in [6.07, 6.45) is 1.71. The smallest absolute Gasteiger partial charge is 0.308 e. The predicted molar refractivity (Wildman–Crippen MR) is 76.3 cm³/mol. The molecule has 0 aliphatic carbocycles. The highest BCUT2D eigenvalue weighted by molar-refractivity contribution is 7.15. The molecule has 0 unspecified atom stereocenters. The minimum absolute atomic E-state index is 0.0443. The van der Waals surface area contributed by atoms with E-state index in [9.17, 15) is 9.59 Å². The maximum absolute atomic E-state index is 12.5. The van der Waals surface area contributed by atoms with Crippen LogP contribution in [0.3, 0.4) is 0 Å². The molecule has 0 fully saturated rings. The van der Waals surface area contributed by atoms with Crippen molar-refractivity contribution >= 4 is 22.1 Å². The second-order valence-corrected chi connectivity index (χ2v) is 6.45. The second-order valence-electron chi connectivity index (χ2n) is 5.56. The molecule has 19 heavy (non-hydrogen) atoms. The summed E-state index contributed by atoms with van der Waals surface area (Å²) in [7, 11) is 0. The van der Waals surface area contributed by atoms with Gasteiger partial charge in [0.2, 0.25) is 0 Å². The molecule has 0 atom stereocenters. The summed E-state index contributed by atoms with van der Waals surface area (Å²) >= 11 is 1.39. The number of hydrogen-bond donors (Lipinski definition) is 0. The number of nitrogens with zero attached hydrogens (tertiary/aromatic N) is 1. The van der Waals surface area contributed by atoms with Gasteiger partial charge in [-0.15, -0.1) is 11.3 Å². The van der Waals surface area contributed by atoms with Gasteiger partial charge in [-0.25, -0.2) is 0 Å². The molecule has 0 saturated heterocycles. The first-order chi connectivity index (χ1) is 8.73. The van der Waals surface area contributed by atoms with E-state index < -0.39 is 0 Å². The summed E-state index contributed by atoms with van der Waals surface area (Å²) in [4.78, 5) is 24.5.